The molecule has 3 aromatic rings. The largest absolute Gasteiger partial charge is 0.491 e. The van der Waals surface area contributed by atoms with E-state index >= 15 is 0 Å². The van der Waals surface area contributed by atoms with E-state index in [2.05, 4.69) is 5.32 Å². The van der Waals surface area contributed by atoms with Gasteiger partial charge in [0.05, 0.1) is 11.7 Å². The Balaban J connectivity index is 1.98. The number of rotatable bonds is 5. The van der Waals surface area contributed by atoms with Crippen LogP contribution in [-0.2, 0) is 0 Å². The molecule has 2 amide bonds. The first kappa shape index (κ1) is 18.2. The van der Waals surface area contributed by atoms with Crippen molar-refractivity contribution in [2.75, 3.05) is 5.32 Å². The van der Waals surface area contributed by atoms with Gasteiger partial charge in [0.15, 0.2) is 0 Å². The Labute approximate surface area is 154 Å². The van der Waals surface area contributed by atoms with E-state index < -0.39 is 17.4 Å². The van der Waals surface area contributed by atoms with Crippen molar-refractivity contribution in [1.29, 1.82) is 0 Å². The zero-order valence-corrected chi connectivity index (χ0v) is 14.8. The lowest BCUT2D eigenvalue weighted by Gasteiger charge is -2.11. The third kappa shape index (κ3) is 4.14. The number of ether oxygens (including phenoxy) is 1. The topological polar surface area (TPSA) is 112 Å². The fourth-order valence-corrected chi connectivity index (χ4v) is 2.63. The van der Waals surface area contributed by atoms with Gasteiger partial charge in [0, 0.05) is 28.8 Å². The maximum atomic E-state index is 12.7. The molecule has 0 aliphatic rings. The number of amides is 2. The fraction of sp³-hybridized carbons (Fsp3) is 0.150. The summed E-state index contributed by atoms with van der Waals surface area (Å²) >= 11 is 0. The number of nitrogens with one attached hydrogen (secondary N) is 1. The molecule has 0 saturated heterocycles. The van der Waals surface area contributed by atoms with E-state index in [-0.39, 0.29) is 22.8 Å². The average molecular weight is 366 g/mol. The van der Waals surface area contributed by atoms with Crippen LogP contribution in [0.1, 0.15) is 34.6 Å². The minimum Gasteiger partial charge on any atom is -0.491 e. The second kappa shape index (κ2) is 7.33. The van der Waals surface area contributed by atoms with Crippen molar-refractivity contribution in [3.8, 4) is 5.75 Å². The molecule has 27 heavy (non-hydrogen) atoms. The lowest BCUT2D eigenvalue weighted by atomic mass is 10.1. The summed E-state index contributed by atoms with van der Waals surface area (Å²) in [5.74, 6) is -0.575. The minimum atomic E-state index is -0.653. The molecule has 0 radical (unpaired) electrons. The third-order valence-electron chi connectivity index (χ3n) is 3.74. The number of carbonyl (C=O) groups excluding carboxylic acids is 2. The monoisotopic (exact) mass is 366 g/mol. The molecule has 7 nitrogen and oxygen atoms in total. The second-order valence-electron chi connectivity index (χ2n) is 6.20. The maximum Gasteiger partial charge on any atom is 0.337 e. The molecule has 0 unspecified atom stereocenters. The van der Waals surface area contributed by atoms with Gasteiger partial charge in [-0.2, -0.15) is 0 Å². The van der Waals surface area contributed by atoms with Crippen LogP contribution in [0.4, 0.5) is 5.69 Å². The lowest BCUT2D eigenvalue weighted by molar-refractivity contribution is 0.0996. The Morgan fingerprint density at radius 3 is 2.59 bits per heavy atom. The Kier molecular flexibility index (Phi) is 4.94. The van der Waals surface area contributed by atoms with Crippen LogP contribution in [0.5, 0.6) is 5.75 Å². The van der Waals surface area contributed by atoms with E-state index in [1.807, 2.05) is 13.8 Å². The number of fused-ring (bicyclic) bond motifs is 1. The zero-order chi connectivity index (χ0) is 19.6. The third-order valence-corrected chi connectivity index (χ3v) is 3.74. The van der Waals surface area contributed by atoms with Crippen LogP contribution in [0, 0.1) is 0 Å². The summed E-state index contributed by atoms with van der Waals surface area (Å²) in [6.45, 7) is 3.76. The Hall–Kier alpha value is -3.61. The average Bonchev–Trinajstić information content (AvgIpc) is 2.60. The number of carbonyl (C=O) groups is 2. The van der Waals surface area contributed by atoms with Crippen LogP contribution in [-0.4, -0.2) is 17.9 Å². The lowest BCUT2D eigenvalue weighted by Crippen LogP contribution is -2.16. The molecule has 0 atom stereocenters. The van der Waals surface area contributed by atoms with E-state index in [1.165, 1.54) is 6.07 Å². The first-order valence-corrected chi connectivity index (χ1v) is 8.29. The molecule has 0 saturated carbocycles. The molecular weight excluding hydrogens is 348 g/mol. The SMILES string of the molecule is CC(C)Oc1ccc2c(C(=O)Nc3cccc(C(N)=O)c3)cc(=O)oc2c1. The predicted octanol–water partition coefficient (Wildman–Crippen LogP) is 2.93. The van der Waals surface area contributed by atoms with Crippen molar-refractivity contribution in [2.45, 2.75) is 20.0 Å². The van der Waals surface area contributed by atoms with Gasteiger partial charge < -0.3 is 20.2 Å². The highest BCUT2D eigenvalue weighted by Crippen LogP contribution is 2.24. The number of nitrogens with two attached hydrogens (primary N) is 1. The molecule has 3 N–H and O–H groups in total. The summed E-state index contributed by atoms with van der Waals surface area (Å²) in [5.41, 5.74) is 5.65. The van der Waals surface area contributed by atoms with Gasteiger partial charge in [-0.1, -0.05) is 6.07 Å². The van der Waals surface area contributed by atoms with Crippen LogP contribution >= 0.6 is 0 Å². The van der Waals surface area contributed by atoms with Crippen molar-refractivity contribution in [3.05, 3.63) is 70.1 Å². The van der Waals surface area contributed by atoms with Crippen LogP contribution in [0.2, 0.25) is 0 Å². The summed E-state index contributed by atoms with van der Waals surface area (Å²) in [6, 6.07) is 12.3. The summed E-state index contributed by atoms with van der Waals surface area (Å²) in [6.07, 6.45) is -0.0433. The Morgan fingerprint density at radius 2 is 1.89 bits per heavy atom. The van der Waals surface area contributed by atoms with Crippen LogP contribution in [0.3, 0.4) is 0 Å². The molecule has 0 spiro atoms. The van der Waals surface area contributed by atoms with Crippen LogP contribution < -0.4 is 21.4 Å². The molecular formula is C20H18N2O5. The van der Waals surface area contributed by atoms with Gasteiger partial charge in [0.1, 0.15) is 11.3 Å². The normalized spacial score (nSPS) is 10.8. The number of benzene rings is 2. The standard InChI is InChI=1S/C20H18N2O5/c1-11(2)26-14-6-7-15-16(10-18(23)27-17(15)9-14)20(25)22-13-5-3-4-12(8-13)19(21)24/h3-11H,1-2H3,(H2,21,24)(H,22,25). The van der Waals surface area contributed by atoms with E-state index in [0.29, 0.717) is 16.8 Å². The van der Waals surface area contributed by atoms with Gasteiger partial charge in [-0.3, -0.25) is 9.59 Å². The van der Waals surface area contributed by atoms with Gasteiger partial charge in [0.25, 0.3) is 5.91 Å². The van der Waals surface area contributed by atoms with E-state index in [9.17, 15) is 14.4 Å². The van der Waals surface area contributed by atoms with Gasteiger partial charge >= 0.3 is 5.63 Å². The number of primary amides is 1. The molecule has 2 aromatic carbocycles. The van der Waals surface area contributed by atoms with Crippen molar-refractivity contribution >= 4 is 28.5 Å². The molecule has 0 bridgehead atoms. The smallest absolute Gasteiger partial charge is 0.337 e. The van der Waals surface area contributed by atoms with Crippen molar-refractivity contribution in [3.63, 3.8) is 0 Å². The number of anilines is 1. The summed E-state index contributed by atoms with van der Waals surface area (Å²) in [7, 11) is 0. The highest BCUT2D eigenvalue weighted by molar-refractivity contribution is 6.12. The van der Waals surface area contributed by atoms with Crippen LogP contribution in [0.25, 0.3) is 11.0 Å². The molecule has 1 heterocycles. The molecule has 7 heteroatoms. The quantitative estimate of drug-likeness (QED) is 0.674. The van der Waals surface area contributed by atoms with Crippen molar-refractivity contribution < 1.29 is 18.7 Å². The van der Waals surface area contributed by atoms with E-state index in [1.54, 1.807) is 36.4 Å². The van der Waals surface area contributed by atoms with Gasteiger partial charge in [-0.05, 0) is 44.2 Å². The van der Waals surface area contributed by atoms with Gasteiger partial charge in [-0.15, -0.1) is 0 Å². The van der Waals surface area contributed by atoms with E-state index in [4.69, 9.17) is 14.9 Å². The highest BCUT2D eigenvalue weighted by atomic mass is 16.5. The van der Waals surface area contributed by atoms with E-state index in [0.717, 1.165) is 6.07 Å². The minimum absolute atomic E-state index is 0.0433. The summed E-state index contributed by atoms with van der Waals surface area (Å²) < 4.78 is 10.8. The number of hydrogen-bond acceptors (Lipinski definition) is 5. The van der Waals surface area contributed by atoms with Gasteiger partial charge in [0.2, 0.25) is 5.91 Å². The van der Waals surface area contributed by atoms with Gasteiger partial charge in [-0.25, -0.2) is 4.79 Å². The number of hydrogen-bond donors (Lipinski definition) is 2. The molecule has 0 aliphatic carbocycles. The van der Waals surface area contributed by atoms with Crippen LogP contribution in [0.15, 0.2) is 57.7 Å². The second-order valence-corrected chi connectivity index (χ2v) is 6.20. The predicted molar refractivity (Wildman–Crippen MR) is 101 cm³/mol. The zero-order valence-electron chi connectivity index (χ0n) is 14.8. The highest BCUT2D eigenvalue weighted by Gasteiger charge is 2.15. The molecule has 0 aliphatic heterocycles. The van der Waals surface area contributed by atoms with Crippen molar-refractivity contribution in [2.24, 2.45) is 5.73 Å². The maximum absolute atomic E-state index is 12.7. The fourth-order valence-electron chi connectivity index (χ4n) is 2.63. The molecule has 0 fully saturated rings. The molecule has 1 aromatic heterocycles. The summed E-state index contributed by atoms with van der Waals surface area (Å²) in [5, 5.41) is 3.13. The molecule has 3 rings (SSSR count). The summed E-state index contributed by atoms with van der Waals surface area (Å²) in [4.78, 5) is 35.9. The van der Waals surface area contributed by atoms with Crippen molar-refractivity contribution in [1.82, 2.24) is 0 Å². The first-order valence-electron chi connectivity index (χ1n) is 8.29. The Bertz CT molecular complexity index is 1090. The molecule has 138 valence electrons. The first-order chi connectivity index (χ1) is 12.8. The Morgan fingerprint density at radius 1 is 1.11 bits per heavy atom.